The van der Waals surface area contributed by atoms with Crippen LogP contribution in [0.3, 0.4) is 0 Å². The monoisotopic (exact) mass is 354 g/mol. The van der Waals surface area contributed by atoms with E-state index in [4.69, 9.17) is 0 Å². The average Bonchev–Trinajstić information content (AvgIpc) is 2.61. The van der Waals surface area contributed by atoms with E-state index in [2.05, 4.69) is 67.5 Å². The Hall–Kier alpha value is -2.33. The normalized spacial score (nSPS) is 13.3. The third-order valence-electron chi connectivity index (χ3n) is 4.91. The summed E-state index contributed by atoms with van der Waals surface area (Å²) in [6, 6.07) is 16.5. The number of likely N-dealkylation sites (N-methyl/N-ethyl adjacent to an activating group) is 1. The van der Waals surface area contributed by atoms with E-state index in [-0.39, 0.29) is 11.9 Å². The zero-order valence-corrected chi connectivity index (χ0v) is 16.8. The summed E-state index contributed by atoms with van der Waals surface area (Å²) in [5, 5.41) is 3.03. The lowest BCUT2D eigenvalue weighted by Gasteiger charge is -2.21. The molecule has 2 N–H and O–H groups in total. The third kappa shape index (κ3) is 5.33. The maximum absolute atomic E-state index is 12.6. The van der Waals surface area contributed by atoms with Crippen molar-refractivity contribution in [2.24, 2.45) is 0 Å². The minimum absolute atomic E-state index is 0.0460. The van der Waals surface area contributed by atoms with Crippen LogP contribution in [0.1, 0.15) is 37.8 Å². The molecule has 0 aliphatic rings. The minimum atomic E-state index is -0.131. The van der Waals surface area contributed by atoms with E-state index in [9.17, 15) is 4.79 Å². The van der Waals surface area contributed by atoms with Crippen LogP contribution >= 0.6 is 0 Å². The maximum atomic E-state index is 12.6. The number of nitrogens with zero attached hydrogens (tertiary/aromatic N) is 1. The fourth-order valence-electron chi connectivity index (χ4n) is 2.81. The van der Waals surface area contributed by atoms with E-state index in [0.717, 1.165) is 12.2 Å². The smallest absolute Gasteiger partial charge is 0.282 e. The molecule has 26 heavy (non-hydrogen) atoms. The van der Waals surface area contributed by atoms with Gasteiger partial charge in [-0.1, -0.05) is 38.1 Å². The van der Waals surface area contributed by atoms with E-state index in [1.165, 1.54) is 21.7 Å². The lowest BCUT2D eigenvalue weighted by Crippen LogP contribution is -3.12. The van der Waals surface area contributed by atoms with Gasteiger partial charge in [-0.05, 0) is 42.7 Å². The third-order valence-corrected chi connectivity index (χ3v) is 4.91. The predicted octanol–water partition coefficient (Wildman–Crippen LogP) is 2.92. The minimum Gasteiger partial charge on any atom is -0.378 e. The highest BCUT2D eigenvalue weighted by Gasteiger charge is 2.22. The number of quaternary nitrogens is 1. The van der Waals surface area contributed by atoms with Crippen LogP contribution in [0.2, 0.25) is 0 Å². The van der Waals surface area contributed by atoms with Crippen molar-refractivity contribution >= 4 is 17.3 Å². The second-order valence-electron chi connectivity index (χ2n) is 7.57. The van der Waals surface area contributed by atoms with Crippen LogP contribution in [-0.4, -0.2) is 33.1 Å². The van der Waals surface area contributed by atoms with Gasteiger partial charge in [-0.3, -0.25) is 4.79 Å². The molecule has 1 unspecified atom stereocenters. The molecule has 0 aromatic heterocycles. The molecular weight excluding hydrogens is 322 g/mol. The van der Waals surface area contributed by atoms with Crippen LogP contribution in [-0.2, 0) is 11.3 Å². The Labute approximate surface area is 157 Å². The largest absolute Gasteiger partial charge is 0.378 e. The Morgan fingerprint density at radius 3 is 2.08 bits per heavy atom. The molecule has 0 spiro atoms. The molecule has 2 aromatic rings. The number of hydrogen-bond donors (Lipinski definition) is 2. The van der Waals surface area contributed by atoms with Crippen molar-refractivity contribution in [2.45, 2.75) is 39.3 Å². The molecule has 4 heteroatoms. The summed E-state index contributed by atoms with van der Waals surface area (Å²) in [5.41, 5.74) is 4.55. The van der Waals surface area contributed by atoms with Crippen molar-refractivity contribution in [3.63, 3.8) is 0 Å². The van der Waals surface area contributed by atoms with Crippen molar-refractivity contribution < 1.29 is 9.69 Å². The van der Waals surface area contributed by atoms with Crippen LogP contribution in [0.15, 0.2) is 48.5 Å². The topological polar surface area (TPSA) is 36.8 Å². The second kappa shape index (κ2) is 8.86. The number of benzene rings is 2. The molecule has 1 amide bonds. The first kappa shape index (κ1) is 20.0. The Balaban J connectivity index is 1.93. The lowest BCUT2D eigenvalue weighted by atomic mass is 10.0. The van der Waals surface area contributed by atoms with Gasteiger partial charge in [0.15, 0.2) is 6.04 Å². The Morgan fingerprint density at radius 2 is 1.58 bits per heavy atom. The molecule has 2 aromatic carbocycles. The van der Waals surface area contributed by atoms with Crippen molar-refractivity contribution in [3.05, 3.63) is 59.7 Å². The molecule has 0 radical (unpaired) electrons. The Morgan fingerprint density at radius 1 is 1.00 bits per heavy atom. The molecule has 0 saturated carbocycles. The van der Waals surface area contributed by atoms with Crippen molar-refractivity contribution in [3.8, 4) is 0 Å². The van der Waals surface area contributed by atoms with E-state index >= 15 is 0 Å². The average molecular weight is 355 g/mol. The van der Waals surface area contributed by atoms with Crippen LogP contribution in [0.25, 0.3) is 0 Å². The molecule has 0 fully saturated rings. The summed E-state index contributed by atoms with van der Waals surface area (Å²) < 4.78 is 0. The van der Waals surface area contributed by atoms with E-state index in [1.807, 2.05) is 33.2 Å². The zero-order valence-electron chi connectivity index (χ0n) is 16.8. The second-order valence-corrected chi connectivity index (χ2v) is 7.57. The number of nitrogens with one attached hydrogen (secondary N) is 2. The Bertz CT molecular complexity index is 705. The molecule has 0 heterocycles. The fourth-order valence-corrected chi connectivity index (χ4v) is 2.81. The van der Waals surface area contributed by atoms with Crippen molar-refractivity contribution in [2.75, 3.05) is 31.4 Å². The number of carbonyl (C=O) groups excluding carboxylic acids is 1. The quantitative estimate of drug-likeness (QED) is 0.802. The molecule has 2 rings (SSSR count). The molecule has 0 aliphatic carbocycles. The van der Waals surface area contributed by atoms with Crippen molar-refractivity contribution in [1.82, 2.24) is 0 Å². The molecule has 4 nitrogen and oxygen atoms in total. The van der Waals surface area contributed by atoms with Gasteiger partial charge < -0.3 is 15.1 Å². The summed E-state index contributed by atoms with van der Waals surface area (Å²) in [5.74, 6) is 0.540. The van der Waals surface area contributed by atoms with Gasteiger partial charge in [0, 0.05) is 31.0 Å². The van der Waals surface area contributed by atoms with Gasteiger partial charge in [-0.2, -0.15) is 0 Å². The first-order valence-corrected chi connectivity index (χ1v) is 9.27. The molecule has 0 saturated heterocycles. The molecule has 0 aliphatic heterocycles. The number of hydrogen-bond acceptors (Lipinski definition) is 2. The summed E-state index contributed by atoms with van der Waals surface area (Å²) in [6.45, 7) is 7.12. The standard InChI is InChI=1S/C22H31N3O/c1-16(2)19-9-11-20(12-10-19)23-22(26)17(3)25(6)15-18-7-13-21(14-8-18)24(4)5/h7-14,16-17H,15H2,1-6H3,(H,23,26)/p+1/t17-/m0/s1. The van der Waals surface area contributed by atoms with E-state index in [1.54, 1.807) is 0 Å². The number of rotatable bonds is 7. The van der Waals surface area contributed by atoms with Gasteiger partial charge in [0.25, 0.3) is 5.91 Å². The molecule has 140 valence electrons. The van der Waals surface area contributed by atoms with Gasteiger partial charge >= 0.3 is 0 Å². The van der Waals surface area contributed by atoms with Crippen LogP contribution in [0.4, 0.5) is 11.4 Å². The van der Waals surface area contributed by atoms with Gasteiger partial charge in [0.1, 0.15) is 6.54 Å². The highest BCUT2D eigenvalue weighted by atomic mass is 16.2. The van der Waals surface area contributed by atoms with Gasteiger partial charge in [0.05, 0.1) is 7.05 Å². The number of carbonyl (C=O) groups is 1. The highest BCUT2D eigenvalue weighted by Crippen LogP contribution is 2.17. The fraction of sp³-hybridized carbons (Fsp3) is 0.409. The van der Waals surface area contributed by atoms with E-state index < -0.39 is 0 Å². The summed E-state index contributed by atoms with van der Waals surface area (Å²) in [4.78, 5) is 15.8. The van der Waals surface area contributed by atoms with Crippen LogP contribution in [0.5, 0.6) is 0 Å². The molecule has 0 bridgehead atoms. The van der Waals surface area contributed by atoms with Crippen LogP contribution < -0.4 is 15.1 Å². The first-order chi connectivity index (χ1) is 12.3. The predicted molar refractivity (Wildman–Crippen MR) is 110 cm³/mol. The Kier molecular flexibility index (Phi) is 6.81. The SMILES string of the molecule is CC(C)c1ccc(NC(=O)[C@H](C)[NH+](C)Cc2ccc(N(C)C)cc2)cc1. The maximum Gasteiger partial charge on any atom is 0.282 e. The zero-order chi connectivity index (χ0) is 19.3. The van der Waals surface area contributed by atoms with E-state index in [0.29, 0.717) is 5.92 Å². The summed E-state index contributed by atoms with van der Waals surface area (Å²) in [6.07, 6.45) is 0. The highest BCUT2D eigenvalue weighted by molar-refractivity contribution is 5.93. The van der Waals surface area contributed by atoms with Gasteiger partial charge in [0.2, 0.25) is 0 Å². The van der Waals surface area contributed by atoms with Gasteiger partial charge in [-0.15, -0.1) is 0 Å². The lowest BCUT2D eigenvalue weighted by molar-refractivity contribution is -0.907. The number of anilines is 2. The summed E-state index contributed by atoms with van der Waals surface area (Å²) >= 11 is 0. The molecule has 2 atom stereocenters. The van der Waals surface area contributed by atoms with Crippen molar-refractivity contribution in [1.29, 1.82) is 0 Å². The first-order valence-electron chi connectivity index (χ1n) is 9.27. The van der Waals surface area contributed by atoms with Gasteiger partial charge in [-0.25, -0.2) is 0 Å². The number of amides is 1. The summed E-state index contributed by atoms with van der Waals surface area (Å²) in [7, 11) is 6.13. The van der Waals surface area contributed by atoms with Crippen LogP contribution in [0, 0.1) is 0 Å². The molecular formula is C22H32N3O+.